The van der Waals surface area contributed by atoms with E-state index in [9.17, 15) is 0 Å². The van der Waals surface area contributed by atoms with Crippen molar-refractivity contribution in [2.75, 3.05) is 20.8 Å². The quantitative estimate of drug-likeness (QED) is 0.758. The second kappa shape index (κ2) is 7.61. The van der Waals surface area contributed by atoms with Gasteiger partial charge >= 0.3 is 0 Å². The molecule has 4 nitrogen and oxygen atoms in total. The predicted molar refractivity (Wildman–Crippen MR) is 77.1 cm³/mol. The first-order valence-electron chi connectivity index (χ1n) is 6.01. The molecule has 0 heterocycles. The Bertz CT molecular complexity index is 360. The summed E-state index contributed by atoms with van der Waals surface area (Å²) in [6, 6.07) is 3.87. The highest BCUT2D eigenvalue weighted by atomic mass is 79.9. The number of rotatable bonds is 7. The lowest BCUT2D eigenvalue weighted by Gasteiger charge is -2.16. The van der Waals surface area contributed by atoms with Crippen LogP contribution in [0.4, 0.5) is 0 Å². The topological polar surface area (TPSA) is 70.5 Å². The van der Waals surface area contributed by atoms with Crippen molar-refractivity contribution < 1.29 is 9.47 Å². The third kappa shape index (κ3) is 3.86. The van der Waals surface area contributed by atoms with Crippen LogP contribution in [0.25, 0.3) is 0 Å². The van der Waals surface area contributed by atoms with Gasteiger partial charge in [-0.25, -0.2) is 0 Å². The van der Waals surface area contributed by atoms with Gasteiger partial charge < -0.3 is 20.9 Å². The largest absolute Gasteiger partial charge is 0.495 e. The van der Waals surface area contributed by atoms with E-state index in [0.29, 0.717) is 6.54 Å². The van der Waals surface area contributed by atoms with Crippen molar-refractivity contribution in [2.45, 2.75) is 25.3 Å². The molecule has 0 amide bonds. The molecule has 18 heavy (non-hydrogen) atoms. The van der Waals surface area contributed by atoms with Crippen molar-refractivity contribution in [2.24, 2.45) is 11.5 Å². The van der Waals surface area contributed by atoms with Crippen molar-refractivity contribution >= 4 is 15.9 Å². The normalized spacial score (nSPS) is 12.3. The first-order valence-corrected chi connectivity index (χ1v) is 6.80. The molecule has 0 fully saturated rings. The molecule has 0 radical (unpaired) electrons. The molecule has 0 aliphatic carbocycles. The molecule has 5 heteroatoms. The van der Waals surface area contributed by atoms with Gasteiger partial charge in [0.2, 0.25) is 0 Å². The maximum absolute atomic E-state index is 6.17. The van der Waals surface area contributed by atoms with Crippen molar-refractivity contribution in [1.82, 2.24) is 0 Å². The van der Waals surface area contributed by atoms with Crippen molar-refractivity contribution in [3.05, 3.63) is 22.2 Å². The van der Waals surface area contributed by atoms with E-state index in [1.54, 1.807) is 14.2 Å². The van der Waals surface area contributed by atoms with Gasteiger partial charge in [0.05, 0.1) is 14.2 Å². The fourth-order valence-corrected chi connectivity index (χ4v) is 2.33. The maximum Gasteiger partial charge on any atom is 0.137 e. The van der Waals surface area contributed by atoms with Crippen LogP contribution in [0.15, 0.2) is 16.6 Å². The summed E-state index contributed by atoms with van der Waals surface area (Å²) in [7, 11) is 3.26. The lowest BCUT2D eigenvalue weighted by atomic mass is 10.0. The molecule has 0 aliphatic rings. The monoisotopic (exact) mass is 316 g/mol. The molecule has 102 valence electrons. The fourth-order valence-electron chi connectivity index (χ4n) is 1.78. The van der Waals surface area contributed by atoms with Crippen LogP contribution in [-0.4, -0.2) is 20.8 Å². The van der Waals surface area contributed by atoms with Crippen LogP contribution >= 0.6 is 15.9 Å². The van der Waals surface area contributed by atoms with Gasteiger partial charge in [-0.1, -0.05) is 6.42 Å². The molecule has 1 aromatic rings. The van der Waals surface area contributed by atoms with E-state index >= 15 is 0 Å². The summed E-state index contributed by atoms with van der Waals surface area (Å²) in [5.74, 6) is 1.47. The molecule has 4 N–H and O–H groups in total. The Morgan fingerprint density at radius 3 is 2.17 bits per heavy atom. The molecule has 0 saturated carbocycles. The lowest BCUT2D eigenvalue weighted by molar-refractivity contribution is 0.387. The number of methoxy groups -OCH3 is 2. The number of benzene rings is 1. The Morgan fingerprint density at radius 1 is 1.17 bits per heavy atom. The number of nitrogens with two attached hydrogens (primary N) is 2. The molecule has 1 rings (SSSR count). The SMILES string of the molecule is COc1cc([C@@H](N)CCCCN)cc(OC)c1Br. The van der Waals surface area contributed by atoms with Crippen LogP contribution < -0.4 is 20.9 Å². The van der Waals surface area contributed by atoms with Crippen molar-refractivity contribution in [1.29, 1.82) is 0 Å². The smallest absolute Gasteiger partial charge is 0.137 e. The first-order chi connectivity index (χ1) is 8.63. The van der Waals surface area contributed by atoms with E-state index in [1.807, 2.05) is 12.1 Å². The van der Waals surface area contributed by atoms with Gasteiger partial charge in [0.15, 0.2) is 0 Å². The minimum Gasteiger partial charge on any atom is -0.495 e. The Hall–Kier alpha value is -0.780. The van der Waals surface area contributed by atoms with E-state index < -0.39 is 0 Å². The molecule has 0 unspecified atom stereocenters. The van der Waals surface area contributed by atoms with Crippen LogP contribution in [0.5, 0.6) is 11.5 Å². The summed E-state index contributed by atoms with van der Waals surface area (Å²) in [4.78, 5) is 0. The molecular formula is C13H21BrN2O2. The average molecular weight is 317 g/mol. The van der Waals surface area contributed by atoms with E-state index in [2.05, 4.69) is 15.9 Å². The Morgan fingerprint density at radius 2 is 1.72 bits per heavy atom. The summed E-state index contributed by atoms with van der Waals surface area (Å²) in [6.45, 7) is 0.708. The second-order valence-corrected chi connectivity index (χ2v) is 4.92. The third-order valence-electron chi connectivity index (χ3n) is 2.87. The van der Waals surface area contributed by atoms with Crippen molar-refractivity contribution in [3.8, 4) is 11.5 Å². The zero-order valence-corrected chi connectivity index (χ0v) is 12.5. The summed E-state index contributed by atoms with van der Waals surface area (Å²) < 4.78 is 11.4. The van der Waals surface area contributed by atoms with Gasteiger partial charge in [-0.2, -0.15) is 0 Å². The number of unbranched alkanes of at least 4 members (excludes halogenated alkanes) is 1. The molecule has 1 atom stereocenters. The van der Waals surface area contributed by atoms with Crippen LogP contribution in [0.1, 0.15) is 30.9 Å². The van der Waals surface area contributed by atoms with Crippen molar-refractivity contribution in [3.63, 3.8) is 0 Å². The number of ether oxygens (including phenoxy) is 2. The Balaban J connectivity index is 2.87. The van der Waals surface area contributed by atoms with Gasteiger partial charge in [0.1, 0.15) is 16.0 Å². The summed E-state index contributed by atoms with van der Waals surface area (Å²) in [6.07, 6.45) is 2.93. The lowest BCUT2D eigenvalue weighted by Crippen LogP contribution is -2.11. The van der Waals surface area contributed by atoms with E-state index in [1.165, 1.54) is 0 Å². The zero-order valence-electron chi connectivity index (χ0n) is 10.9. The highest BCUT2D eigenvalue weighted by Crippen LogP contribution is 2.37. The molecular weight excluding hydrogens is 296 g/mol. The second-order valence-electron chi connectivity index (χ2n) is 4.13. The minimum atomic E-state index is -0.0209. The molecule has 0 spiro atoms. The summed E-state index contributed by atoms with van der Waals surface area (Å²) in [5, 5.41) is 0. The minimum absolute atomic E-state index is 0.0209. The fraction of sp³-hybridized carbons (Fsp3) is 0.538. The number of halogens is 1. The zero-order chi connectivity index (χ0) is 13.5. The third-order valence-corrected chi connectivity index (χ3v) is 3.65. The molecule has 0 aliphatic heterocycles. The Labute approximate surface area is 117 Å². The van der Waals surface area contributed by atoms with Gasteiger partial charge in [-0.05, 0) is 53.0 Å². The van der Waals surface area contributed by atoms with Gasteiger partial charge in [0, 0.05) is 6.04 Å². The molecule has 0 bridgehead atoms. The van der Waals surface area contributed by atoms with Crippen LogP contribution in [0.3, 0.4) is 0 Å². The number of hydrogen-bond acceptors (Lipinski definition) is 4. The van der Waals surface area contributed by atoms with Crippen LogP contribution in [-0.2, 0) is 0 Å². The van der Waals surface area contributed by atoms with Gasteiger partial charge in [0.25, 0.3) is 0 Å². The van der Waals surface area contributed by atoms with Gasteiger partial charge in [-0.3, -0.25) is 0 Å². The molecule has 0 saturated heterocycles. The predicted octanol–water partition coefficient (Wildman–Crippen LogP) is 2.60. The van der Waals surface area contributed by atoms with Gasteiger partial charge in [-0.15, -0.1) is 0 Å². The van der Waals surface area contributed by atoms with Crippen LogP contribution in [0, 0.1) is 0 Å². The number of hydrogen-bond donors (Lipinski definition) is 2. The van der Waals surface area contributed by atoms with Crippen LogP contribution in [0.2, 0.25) is 0 Å². The Kier molecular flexibility index (Phi) is 6.46. The maximum atomic E-state index is 6.17. The average Bonchev–Trinajstić information content (AvgIpc) is 2.39. The summed E-state index contributed by atoms with van der Waals surface area (Å²) in [5.41, 5.74) is 12.7. The first kappa shape index (κ1) is 15.3. The van der Waals surface area contributed by atoms with E-state index in [0.717, 1.165) is 40.8 Å². The highest BCUT2D eigenvalue weighted by molar-refractivity contribution is 9.10. The van der Waals surface area contributed by atoms with E-state index in [4.69, 9.17) is 20.9 Å². The summed E-state index contributed by atoms with van der Waals surface area (Å²) >= 11 is 3.44. The molecule has 0 aromatic heterocycles. The standard InChI is InChI=1S/C13H21BrN2O2/c1-17-11-7-9(8-12(18-2)13(11)14)10(16)5-3-4-6-15/h7-8,10H,3-6,15-16H2,1-2H3/t10-/m0/s1. The van der Waals surface area contributed by atoms with E-state index in [-0.39, 0.29) is 6.04 Å². The molecule has 1 aromatic carbocycles. The highest BCUT2D eigenvalue weighted by Gasteiger charge is 2.14.